The molecule has 2 amide bonds. The van der Waals surface area contributed by atoms with Crippen LogP contribution in [0.4, 0.5) is 19.3 Å². The second-order valence-electron chi connectivity index (χ2n) is 7.34. The molecule has 3 aromatic rings. The summed E-state index contributed by atoms with van der Waals surface area (Å²) < 4.78 is 38.9. The van der Waals surface area contributed by atoms with E-state index in [1.54, 1.807) is 23.1 Å². The summed E-state index contributed by atoms with van der Waals surface area (Å²) in [5.41, 5.74) is 0.804. The summed E-state index contributed by atoms with van der Waals surface area (Å²) in [7, 11) is 3.05. The van der Waals surface area contributed by atoms with Gasteiger partial charge in [0, 0.05) is 32.2 Å². The van der Waals surface area contributed by atoms with E-state index in [1.807, 2.05) is 0 Å². The Kier molecular flexibility index (Phi) is 6.63. The molecule has 12 heteroatoms. The van der Waals surface area contributed by atoms with Gasteiger partial charge in [0.05, 0.1) is 26.5 Å². The fourth-order valence-corrected chi connectivity index (χ4v) is 3.59. The van der Waals surface area contributed by atoms with Crippen molar-refractivity contribution in [3.8, 4) is 17.2 Å². The average molecular weight is 459 g/mol. The van der Waals surface area contributed by atoms with E-state index < -0.39 is 11.6 Å². The lowest BCUT2D eigenvalue weighted by Gasteiger charge is -2.34. The Hall–Kier alpha value is -3.80. The van der Waals surface area contributed by atoms with Gasteiger partial charge in [0.25, 0.3) is 0 Å². The number of benzene rings is 2. The molecular formula is C21H23F2N7O3. The second kappa shape index (κ2) is 9.77. The summed E-state index contributed by atoms with van der Waals surface area (Å²) in [4.78, 5) is 16.6. The molecule has 174 valence electrons. The smallest absolute Gasteiger partial charge is 0.322 e. The van der Waals surface area contributed by atoms with Gasteiger partial charge in [-0.15, -0.1) is 5.10 Å². The number of halogens is 2. The maximum atomic E-state index is 13.6. The molecule has 1 aromatic heterocycles. The van der Waals surface area contributed by atoms with E-state index in [9.17, 15) is 13.6 Å². The number of aromatic nitrogens is 4. The van der Waals surface area contributed by atoms with Crippen LogP contribution in [0.5, 0.6) is 11.5 Å². The largest absolute Gasteiger partial charge is 0.494 e. The number of tetrazole rings is 1. The fourth-order valence-electron chi connectivity index (χ4n) is 3.59. The summed E-state index contributed by atoms with van der Waals surface area (Å²) in [6.45, 7) is 2.52. The number of anilines is 1. The quantitative estimate of drug-likeness (QED) is 0.604. The van der Waals surface area contributed by atoms with Gasteiger partial charge in [-0.1, -0.05) is 6.07 Å². The van der Waals surface area contributed by atoms with Gasteiger partial charge in [0.15, 0.2) is 17.5 Å². The van der Waals surface area contributed by atoms with Crippen LogP contribution < -0.4 is 14.8 Å². The van der Waals surface area contributed by atoms with Crippen molar-refractivity contribution in [3.05, 3.63) is 53.9 Å². The number of hydrogen-bond acceptors (Lipinski definition) is 7. The lowest BCUT2D eigenvalue weighted by Crippen LogP contribution is -2.49. The Bertz CT molecular complexity index is 1110. The van der Waals surface area contributed by atoms with Gasteiger partial charge >= 0.3 is 6.03 Å². The number of carbonyl (C=O) groups is 1. The van der Waals surface area contributed by atoms with E-state index in [1.165, 1.54) is 25.0 Å². The molecular weight excluding hydrogens is 436 g/mol. The molecule has 1 aliphatic rings. The third kappa shape index (κ3) is 4.85. The Morgan fingerprint density at radius 1 is 1.03 bits per heavy atom. The third-order valence-electron chi connectivity index (χ3n) is 5.37. The normalized spacial score (nSPS) is 14.2. The summed E-state index contributed by atoms with van der Waals surface area (Å²) in [5.74, 6) is -0.415. The first-order valence-corrected chi connectivity index (χ1v) is 10.2. The van der Waals surface area contributed by atoms with Crippen molar-refractivity contribution in [2.75, 3.05) is 45.7 Å². The lowest BCUT2D eigenvalue weighted by atomic mass is 10.2. The van der Waals surface area contributed by atoms with Crippen molar-refractivity contribution in [3.63, 3.8) is 0 Å². The third-order valence-corrected chi connectivity index (χ3v) is 5.37. The maximum absolute atomic E-state index is 13.6. The predicted molar refractivity (Wildman–Crippen MR) is 114 cm³/mol. The van der Waals surface area contributed by atoms with Crippen molar-refractivity contribution in [1.82, 2.24) is 30.0 Å². The van der Waals surface area contributed by atoms with E-state index in [0.29, 0.717) is 61.4 Å². The number of hydrogen-bond donors (Lipinski definition) is 1. The Labute approximate surface area is 188 Å². The number of piperazine rings is 1. The van der Waals surface area contributed by atoms with Crippen LogP contribution in [-0.2, 0) is 6.54 Å². The van der Waals surface area contributed by atoms with E-state index in [-0.39, 0.29) is 6.03 Å². The summed E-state index contributed by atoms with van der Waals surface area (Å²) >= 11 is 0. The summed E-state index contributed by atoms with van der Waals surface area (Å²) in [6.07, 6.45) is 0. The van der Waals surface area contributed by atoms with Gasteiger partial charge < -0.3 is 19.7 Å². The number of nitrogens with zero attached hydrogens (tertiary/aromatic N) is 6. The first-order chi connectivity index (χ1) is 16.0. The molecule has 0 atom stereocenters. The van der Waals surface area contributed by atoms with Crippen molar-refractivity contribution < 1.29 is 23.0 Å². The predicted octanol–water partition coefficient (Wildman–Crippen LogP) is 2.31. The maximum Gasteiger partial charge on any atom is 0.322 e. The molecule has 0 aliphatic carbocycles. The van der Waals surface area contributed by atoms with Gasteiger partial charge in [-0.3, -0.25) is 4.90 Å². The molecule has 1 N–H and O–H groups in total. The van der Waals surface area contributed by atoms with Crippen molar-refractivity contribution in [2.45, 2.75) is 6.54 Å². The van der Waals surface area contributed by atoms with Crippen LogP contribution in [0.1, 0.15) is 5.82 Å². The second-order valence-corrected chi connectivity index (χ2v) is 7.34. The van der Waals surface area contributed by atoms with Gasteiger partial charge in [0.1, 0.15) is 17.2 Å². The number of amides is 2. The minimum atomic E-state index is -0.972. The van der Waals surface area contributed by atoms with E-state index in [0.717, 1.165) is 12.1 Å². The van der Waals surface area contributed by atoms with Crippen LogP contribution in [-0.4, -0.2) is 76.4 Å². The Morgan fingerprint density at radius 3 is 2.36 bits per heavy atom. The first-order valence-electron chi connectivity index (χ1n) is 10.2. The zero-order chi connectivity index (χ0) is 23.4. The molecule has 1 saturated heterocycles. The van der Waals surface area contributed by atoms with Gasteiger partial charge in [-0.25, -0.2) is 13.6 Å². The van der Waals surface area contributed by atoms with E-state index in [4.69, 9.17) is 9.47 Å². The number of para-hydroxylation sites is 1. The highest BCUT2D eigenvalue weighted by atomic mass is 19.2. The zero-order valence-corrected chi connectivity index (χ0v) is 18.2. The minimum absolute atomic E-state index is 0.260. The van der Waals surface area contributed by atoms with Gasteiger partial charge in [-0.05, 0) is 34.7 Å². The SMILES string of the molecule is COc1cccc(OC)c1NC(=O)N1CCN(Cc2nnnn2-c2ccc(F)c(F)c2)CC1. The number of carbonyl (C=O) groups excluding carboxylic acids is 1. The summed E-state index contributed by atoms with van der Waals surface area (Å²) in [5, 5.41) is 14.4. The van der Waals surface area contributed by atoms with Crippen LogP contribution in [0.15, 0.2) is 36.4 Å². The molecule has 33 heavy (non-hydrogen) atoms. The Balaban J connectivity index is 1.37. The highest BCUT2D eigenvalue weighted by Crippen LogP contribution is 2.34. The molecule has 0 saturated carbocycles. The highest BCUT2D eigenvalue weighted by Gasteiger charge is 2.24. The number of ether oxygens (including phenoxy) is 2. The topological polar surface area (TPSA) is 97.6 Å². The average Bonchev–Trinajstić information content (AvgIpc) is 3.29. The minimum Gasteiger partial charge on any atom is -0.494 e. The van der Waals surface area contributed by atoms with Crippen LogP contribution in [0.3, 0.4) is 0 Å². The molecule has 0 radical (unpaired) electrons. The molecule has 1 fully saturated rings. The fraction of sp³-hybridized carbons (Fsp3) is 0.333. The van der Waals surface area contributed by atoms with Crippen LogP contribution >= 0.6 is 0 Å². The Morgan fingerprint density at radius 2 is 1.73 bits per heavy atom. The van der Waals surface area contributed by atoms with E-state index in [2.05, 4.69) is 25.7 Å². The molecule has 0 bridgehead atoms. The van der Waals surface area contributed by atoms with Crippen molar-refractivity contribution in [1.29, 1.82) is 0 Å². The van der Waals surface area contributed by atoms with E-state index >= 15 is 0 Å². The van der Waals surface area contributed by atoms with Crippen molar-refractivity contribution in [2.24, 2.45) is 0 Å². The molecule has 2 aromatic carbocycles. The monoisotopic (exact) mass is 459 g/mol. The first kappa shape index (κ1) is 22.4. The molecule has 2 heterocycles. The number of urea groups is 1. The molecule has 1 aliphatic heterocycles. The number of rotatable bonds is 6. The molecule has 0 spiro atoms. The zero-order valence-electron chi connectivity index (χ0n) is 18.2. The number of nitrogens with one attached hydrogen (secondary N) is 1. The van der Waals surface area contributed by atoms with Crippen LogP contribution in [0, 0.1) is 11.6 Å². The molecule has 4 rings (SSSR count). The molecule has 10 nitrogen and oxygen atoms in total. The number of methoxy groups -OCH3 is 2. The highest BCUT2D eigenvalue weighted by molar-refractivity contribution is 5.93. The van der Waals surface area contributed by atoms with Crippen LogP contribution in [0.2, 0.25) is 0 Å². The molecule has 0 unspecified atom stereocenters. The van der Waals surface area contributed by atoms with Gasteiger partial charge in [0.2, 0.25) is 0 Å². The van der Waals surface area contributed by atoms with Crippen LogP contribution in [0.25, 0.3) is 5.69 Å². The standard InChI is InChI=1S/C21H23F2N7O3/c1-32-17-4-3-5-18(33-2)20(17)24-21(31)29-10-8-28(9-11-29)13-19-25-26-27-30(19)14-6-7-15(22)16(23)12-14/h3-7,12H,8-11,13H2,1-2H3,(H,24,31). The van der Waals surface area contributed by atoms with Crippen molar-refractivity contribution >= 4 is 11.7 Å². The van der Waals surface area contributed by atoms with Gasteiger partial charge in [-0.2, -0.15) is 4.68 Å². The summed E-state index contributed by atoms with van der Waals surface area (Å²) in [6, 6.07) is 8.49. The lowest BCUT2D eigenvalue weighted by molar-refractivity contribution is 0.140.